The van der Waals surface area contributed by atoms with Crippen LogP contribution in [-0.2, 0) is 22.6 Å². The summed E-state index contributed by atoms with van der Waals surface area (Å²) in [7, 11) is 0. The monoisotopic (exact) mass is 649 g/mol. The second-order valence-corrected chi connectivity index (χ2v) is 15.5. The van der Waals surface area contributed by atoms with Crippen LogP contribution in [0.25, 0.3) is 11.1 Å². The molecule has 9 rings (SSSR count). The molecule has 7 nitrogen and oxygen atoms in total. The van der Waals surface area contributed by atoms with Gasteiger partial charge in [0.2, 0.25) is 0 Å². The van der Waals surface area contributed by atoms with E-state index in [-0.39, 0.29) is 30.4 Å². The fourth-order valence-corrected chi connectivity index (χ4v) is 9.92. The van der Waals surface area contributed by atoms with E-state index in [4.69, 9.17) is 9.47 Å². The molecule has 4 aliphatic carbocycles. The van der Waals surface area contributed by atoms with Crippen molar-refractivity contribution in [2.75, 3.05) is 19.6 Å². The maximum atomic E-state index is 13.1. The van der Waals surface area contributed by atoms with Gasteiger partial charge in [0.15, 0.2) is 6.29 Å². The number of aliphatic hydroxyl groups excluding tert-OH is 1. The van der Waals surface area contributed by atoms with E-state index >= 15 is 0 Å². The normalized spacial score (nSPS) is 31.4. The second-order valence-electron chi connectivity index (χ2n) is 15.5. The van der Waals surface area contributed by atoms with Crippen molar-refractivity contribution in [1.82, 2.24) is 15.5 Å². The molecule has 4 saturated carbocycles. The molecule has 2 amide bonds. The number of aliphatic hydroxyl groups is 1. The van der Waals surface area contributed by atoms with Gasteiger partial charge in [0.25, 0.3) is 0 Å². The highest BCUT2D eigenvalue weighted by atomic mass is 16.7. The maximum absolute atomic E-state index is 13.1. The Morgan fingerprint density at radius 2 is 1.46 bits per heavy atom. The van der Waals surface area contributed by atoms with Crippen molar-refractivity contribution in [1.29, 1.82) is 0 Å². The van der Waals surface area contributed by atoms with Crippen LogP contribution in [0.3, 0.4) is 0 Å². The summed E-state index contributed by atoms with van der Waals surface area (Å²) in [5.41, 5.74) is 6.33. The van der Waals surface area contributed by atoms with E-state index in [1.54, 1.807) is 0 Å². The van der Waals surface area contributed by atoms with E-state index in [1.165, 1.54) is 38.5 Å². The summed E-state index contributed by atoms with van der Waals surface area (Å²) in [5, 5.41) is 16.2. The standard InChI is InChI=1S/C41H51N3O4/c45-27-28-10-12-33(13-11-28)38-21-37(26-44-14-2-1-3-15-44)47-39(48-38)36-9-5-8-35(20-36)34-7-4-6-29(19-34)25-42-40(46)43-41-22-30-16-31(23-41)18-32(17-30)24-41/h4-13,19-20,30-32,37-39,45H,1-3,14-18,21-27H2,(H2,42,43,46)/t30?,31?,32?,37-,38+,39+,41?/m0/s1. The Kier molecular flexibility index (Phi) is 9.30. The van der Waals surface area contributed by atoms with Crippen LogP contribution in [0.5, 0.6) is 0 Å². The molecule has 3 atom stereocenters. The quantitative estimate of drug-likeness (QED) is 0.222. The number of carbonyl (C=O) groups excluding carboxylic acids is 1. The first-order valence-electron chi connectivity index (χ1n) is 18.5. The first-order chi connectivity index (χ1) is 23.5. The van der Waals surface area contributed by atoms with Gasteiger partial charge in [-0.25, -0.2) is 4.79 Å². The summed E-state index contributed by atoms with van der Waals surface area (Å²) >= 11 is 0. The van der Waals surface area contributed by atoms with Crippen LogP contribution in [0.15, 0.2) is 72.8 Å². The van der Waals surface area contributed by atoms with Crippen molar-refractivity contribution in [2.45, 2.75) is 101 Å². The van der Waals surface area contributed by atoms with Gasteiger partial charge < -0.3 is 30.1 Å². The predicted molar refractivity (Wildman–Crippen MR) is 187 cm³/mol. The first-order valence-corrected chi connectivity index (χ1v) is 18.5. The van der Waals surface area contributed by atoms with Crippen molar-refractivity contribution in [3.63, 3.8) is 0 Å². The van der Waals surface area contributed by atoms with Gasteiger partial charge in [0.05, 0.1) is 18.8 Å². The molecule has 7 heteroatoms. The average Bonchev–Trinajstić information content (AvgIpc) is 3.10. The lowest BCUT2D eigenvalue weighted by molar-refractivity contribution is -0.253. The zero-order valence-electron chi connectivity index (χ0n) is 28.1. The topological polar surface area (TPSA) is 83.1 Å². The largest absolute Gasteiger partial charge is 0.392 e. The SMILES string of the molecule is O=C(NCc1cccc(-c2cccc([C@@H]3O[C@H](CN4CCCCC4)C[C@H](c4ccc(CO)cc4)O3)c2)c1)NC12CC3CC(CC(C3)C1)C2. The fraction of sp³-hybridized carbons (Fsp3) is 0.537. The summed E-state index contributed by atoms with van der Waals surface area (Å²) in [6.07, 6.45) is 11.7. The van der Waals surface area contributed by atoms with Crippen LogP contribution in [0, 0.1) is 17.8 Å². The Hall–Kier alpha value is -3.23. The summed E-state index contributed by atoms with van der Waals surface area (Å²) < 4.78 is 13.4. The fourth-order valence-electron chi connectivity index (χ4n) is 9.92. The summed E-state index contributed by atoms with van der Waals surface area (Å²) in [6.45, 7) is 3.71. The molecule has 0 spiro atoms. The van der Waals surface area contributed by atoms with E-state index in [0.29, 0.717) is 6.54 Å². The summed E-state index contributed by atoms with van der Waals surface area (Å²) in [5.74, 6) is 2.41. The molecule has 2 aliphatic heterocycles. The number of carbonyl (C=O) groups is 1. The molecule has 6 aliphatic rings. The molecule has 0 radical (unpaired) electrons. The highest BCUT2D eigenvalue weighted by Gasteiger charge is 2.51. The number of benzene rings is 3. The molecule has 3 aromatic rings. The predicted octanol–water partition coefficient (Wildman–Crippen LogP) is 7.65. The van der Waals surface area contributed by atoms with Gasteiger partial charge in [-0.2, -0.15) is 0 Å². The number of nitrogens with one attached hydrogen (secondary N) is 2. The third kappa shape index (κ3) is 7.20. The van der Waals surface area contributed by atoms with Crippen molar-refractivity contribution >= 4 is 6.03 Å². The van der Waals surface area contributed by atoms with Crippen molar-refractivity contribution in [3.05, 3.63) is 95.1 Å². The number of amides is 2. The van der Waals surface area contributed by atoms with Crippen LogP contribution < -0.4 is 10.6 Å². The van der Waals surface area contributed by atoms with Gasteiger partial charge in [-0.1, -0.05) is 67.1 Å². The minimum atomic E-state index is -0.478. The van der Waals surface area contributed by atoms with Crippen LogP contribution >= 0.6 is 0 Å². The van der Waals surface area contributed by atoms with E-state index in [2.05, 4.69) is 76.2 Å². The Bertz CT molecular complexity index is 1530. The van der Waals surface area contributed by atoms with Gasteiger partial charge in [0.1, 0.15) is 0 Å². The molecule has 3 aromatic carbocycles. The molecule has 2 saturated heterocycles. The Balaban J connectivity index is 0.949. The molecule has 0 unspecified atom stereocenters. The Morgan fingerprint density at radius 3 is 2.17 bits per heavy atom. The second kappa shape index (κ2) is 13.9. The highest BCUT2D eigenvalue weighted by molar-refractivity contribution is 5.75. The molecule has 4 bridgehead atoms. The number of ether oxygens (including phenoxy) is 2. The van der Waals surface area contributed by atoms with E-state index in [9.17, 15) is 9.90 Å². The minimum absolute atomic E-state index is 0.0130. The lowest BCUT2D eigenvalue weighted by Crippen LogP contribution is -2.61. The van der Waals surface area contributed by atoms with E-state index in [0.717, 1.165) is 96.5 Å². The molecule has 48 heavy (non-hydrogen) atoms. The van der Waals surface area contributed by atoms with Crippen LogP contribution in [0.1, 0.15) is 98.9 Å². The third-order valence-corrected chi connectivity index (χ3v) is 11.8. The number of nitrogens with zero attached hydrogens (tertiary/aromatic N) is 1. The zero-order valence-corrected chi connectivity index (χ0v) is 28.1. The Labute approximate surface area is 285 Å². The lowest BCUT2D eigenvalue weighted by Gasteiger charge is -2.56. The molecule has 6 fully saturated rings. The van der Waals surface area contributed by atoms with Gasteiger partial charge in [-0.15, -0.1) is 0 Å². The number of hydrogen-bond acceptors (Lipinski definition) is 5. The van der Waals surface area contributed by atoms with Gasteiger partial charge in [-0.3, -0.25) is 0 Å². The van der Waals surface area contributed by atoms with E-state index in [1.807, 2.05) is 12.1 Å². The van der Waals surface area contributed by atoms with Gasteiger partial charge in [0, 0.05) is 30.6 Å². The minimum Gasteiger partial charge on any atom is -0.392 e. The van der Waals surface area contributed by atoms with Crippen molar-refractivity contribution in [3.8, 4) is 11.1 Å². The molecule has 3 N–H and O–H groups in total. The average molecular weight is 650 g/mol. The number of likely N-dealkylation sites (tertiary alicyclic amines) is 1. The number of hydrogen-bond donors (Lipinski definition) is 3. The van der Waals surface area contributed by atoms with Crippen molar-refractivity contribution < 1.29 is 19.4 Å². The molecule has 0 aromatic heterocycles. The third-order valence-electron chi connectivity index (χ3n) is 11.8. The first kappa shape index (κ1) is 32.0. The number of rotatable bonds is 9. The maximum Gasteiger partial charge on any atom is 0.315 e. The Morgan fingerprint density at radius 1 is 0.771 bits per heavy atom. The molecule has 254 valence electrons. The molecule has 2 heterocycles. The van der Waals surface area contributed by atoms with Crippen LogP contribution in [0.2, 0.25) is 0 Å². The van der Waals surface area contributed by atoms with E-state index < -0.39 is 6.29 Å². The van der Waals surface area contributed by atoms with Crippen molar-refractivity contribution in [2.24, 2.45) is 17.8 Å². The zero-order chi connectivity index (χ0) is 32.5. The van der Waals surface area contributed by atoms with Crippen LogP contribution in [0.4, 0.5) is 4.79 Å². The smallest absolute Gasteiger partial charge is 0.315 e. The summed E-state index contributed by atoms with van der Waals surface area (Å²) in [6, 6.07) is 25.1. The lowest BCUT2D eigenvalue weighted by atomic mass is 9.53. The molecular weight excluding hydrogens is 598 g/mol. The number of piperidine rings is 1. The number of urea groups is 1. The van der Waals surface area contributed by atoms with Gasteiger partial charge >= 0.3 is 6.03 Å². The summed E-state index contributed by atoms with van der Waals surface area (Å²) in [4.78, 5) is 15.7. The van der Waals surface area contributed by atoms with Gasteiger partial charge in [-0.05, 0) is 122 Å². The van der Waals surface area contributed by atoms with Crippen LogP contribution in [-0.4, -0.2) is 47.3 Å². The molecular formula is C41H51N3O4. The highest BCUT2D eigenvalue weighted by Crippen LogP contribution is 2.55.